The molecule has 1 heterocycles. The molecule has 24 heavy (non-hydrogen) atoms. The average molecular weight is 379 g/mol. The number of aryl methyl sites for hydroxylation is 1. The van der Waals surface area contributed by atoms with Gasteiger partial charge in [-0.1, -0.05) is 23.7 Å². The zero-order valence-electron chi connectivity index (χ0n) is 12.5. The third-order valence-corrected chi connectivity index (χ3v) is 4.58. The second kappa shape index (κ2) is 7.08. The van der Waals surface area contributed by atoms with Crippen LogP contribution in [0.1, 0.15) is 22.7 Å². The molecule has 0 spiro atoms. The number of nitrogens with zero attached hydrogens (tertiary/aromatic N) is 1. The highest BCUT2D eigenvalue weighted by Gasteiger charge is 2.58. The van der Waals surface area contributed by atoms with Crippen LogP contribution in [-0.4, -0.2) is 22.2 Å². The number of thiazole rings is 1. The van der Waals surface area contributed by atoms with Crippen molar-refractivity contribution in [3.05, 3.63) is 50.9 Å². The van der Waals surface area contributed by atoms with Crippen LogP contribution in [0.2, 0.25) is 5.02 Å². The van der Waals surface area contributed by atoms with Crippen molar-refractivity contribution < 1.29 is 23.1 Å². The summed E-state index contributed by atoms with van der Waals surface area (Å²) in [6.07, 6.45) is -6.19. The van der Waals surface area contributed by atoms with E-state index < -0.39 is 29.1 Å². The van der Waals surface area contributed by atoms with E-state index in [1.54, 1.807) is 24.3 Å². The summed E-state index contributed by atoms with van der Waals surface area (Å²) < 4.78 is 39.9. The first-order valence-corrected chi connectivity index (χ1v) is 8.10. The number of hydrogen-bond donors (Lipinski definition) is 2. The summed E-state index contributed by atoms with van der Waals surface area (Å²) in [5, 5.41) is 13.7. The molecule has 0 aliphatic heterocycles. The van der Waals surface area contributed by atoms with E-state index in [2.05, 4.69) is 10.3 Å². The maximum absolute atomic E-state index is 13.3. The number of nitrogens with one attached hydrogen (secondary N) is 1. The maximum Gasteiger partial charge on any atom is 0.424 e. The van der Waals surface area contributed by atoms with E-state index >= 15 is 0 Å². The molecule has 1 aromatic heterocycles. The van der Waals surface area contributed by atoms with Gasteiger partial charge < -0.3 is 10.4 Å². The van der Waals surface area contributed by atoms with Crippen molar-refractivity contribution in [1.29, 1.82) is 0 Å². The molecule has 2 aromatic rings. The lowest BCUT2D eigenvalue weighted by Crippen LogP contribution is -2.46. The molecule has 0 aliphatic rings. The lowest BCUT2D eigenvalue weighted by Gasteiger charge is -2.27. The van der Waals surface area contributed by atoms with Gasteiger partial charge in [-0.3, -0.25) is 4.79 Å². The van der Waals surface area contributed by atoms with Crippen LogP contribution in [0.5, 0.6) is 0 Å². The first kappa shape index (κ1) is 18.7. The Morgan fingerprint density at radius 3 is 2.67 bits per heavy atom. The summed E-state index contributed by atoms with van der Waals surface area (Å²) in [7, 11) is 0. The highest BCUT2D eigenvalue weighted by Crippen LogP contribution is 2.42. The number of amides is 1. The highest BCUT2D eigenvalue weighted by molar-refractivity contribution is 7.09. The summed E-state index contributed by atoms with van der Waals surface area (Å²) in [6.45, 7) is 1.51. The first-order chi connectivity index (χ1) is 11.1. The van der Waals surface area contributed by atoms with E-state index in [0.29, 0.717) is 27.6 Å². The lowest BCUT2D eigenvalue weighted by atomic mass is 9.99. The molecule has 9 heteroatoms. The van der Waals surface area contributed by atoms with Gasteiger partial charge in [0.05, 0.1) is 6.42 Å². The Morgan fingerprint density at radius 2 is 2.12 bits per heavy atom. The van der Waals surface area contributed by atoms with Crippen LogP contribution in [0.4, 0.5) is 13.2 Å². The average Bonchev–Trinajstić information content (AvgIpc) is 2.91. The van der Waals surface area contributed by atoms with Gasteiger partial charge in [0.25, 0.3) is 0 Å². The van der Waals surface area contributed by atoms with E-state index in [9.17, 15) is 23.1 Å². The fourth-order valence-corrected chi connectivity index (χ4v) is 3.11. The molecule has 1 atom stereocenters. The molecule has 4 nitrogen and oxygen atoms in total. The predicted octanol–water partition coefficient (Wildman–Crippen LogP) is 3.56. The standard InChI is InChI=1S/C15H14ClF3N2O2S/c1-9-8-24-13(21-9)14(23,15(17,18)19)6-12(22)20-7-10-3-2-4-11(16)5-10/h2-5,8,23H,6-7H2,1H3,(H,20,22). The molecule has 0 bridgehead atoms. The maximum atomic E-state index is 13.3. The number of hydrogen-bond acceptors (Lipinski definition) is 4. The van der Waals surface area contributed by atoms with Crippen LogP contribution in [0, 0.1) is 6.92 Å². The van der Waals surface area contributed by atoms with E-state index in [4.69, 9.17) is 11.6 Å². The molecular weight excluding hydrogens is 365 g/mol. The summed E-state index contributed by atoms with van der Waals surface area (Å²) in [4.78, 5) is 15.6. The van der Waals surface area contributed by atoms with Gasteiger partial charge in [-0.25, -0.2) is 4.98 Å². The number of alkyl halides is 3. The monoisotopic (exact) mass is 378 g/mol. The van der Waals surface area contributed by atoms with Gasteiger partial charge in [0, 0.05) is 22.6 Å². The van der Waals surface area contributed by atoms with Crippen LogP contribution in [-0.2, 0) is 16.9 Å². The fraction of sp³-hybridized carbons (Fsp3) is 0.333. The minimum atomic E-state index is -5.02. The number of aliphatic hydroxyl groups is 1. The van der Waals surface area contributed by atoms with Crippen molar-refractivity contribution in [3.63, 3.8) is 0 Å². The largest absolute Gasteiger partial charge is 0.424 e. The molecule has 1 amide bonds. The molecule has 1 aromatic carbocycles. The molecule has 130 valence electrons. The number of aromatic nitrogens is 1. The molecule has 2 rings (SSSR count). The van der Waals surface area contributed by atoms with Crippen LogP contribution in [0.15, 0.2) is 29.6 Å². The Morgan fingerprint density at radius 1 is 1.42 bits per heavy atom. The SMILES string of the molecule is Cc1csc(C(O)(CC(=O)NCc2cccc(Cl)c2)C(F)(F)F)n1. The number of carbonyl (C=O) groups is 1. The second-order valence-electron chi connectivity index (χ2n) is 5.24. The van der Waals surface area contributed by atoms with Gasteiger partial charge in [0.2, 0.25) is 11.5 Å². The molecule has 1 unspecified atom stereocenters. The van der Waals surface area contributed by atoms with Crippen molar-refractivity contribution >= 4 is 28.8 Å². The lowest BCUT2D eigenvalue weighted by molar-refractivity contribution is -0.267. The molecule has 0 saturated carbocycles. The van der Waals surface area contributed by atoms with Gasteiger partial charge in [-0.15, -0.1) is 11.3 Å². The van der Waals surface area contributed by atoms with Gasteiger partial charge >= 0.3 is 6.18 Å². The minimum absolute atomic E-state index is 0.00419. The topological polar surface area (TPSA) is 62.2 Å². The number of halogens is 4. The Bertz CT molecular complexity index is 736. The van der Waals surface area contributed by atoms with E-state index in [1.807, 2.05) is 0 Å². The molecule has 0 radical (unpaired) electrons. The van der Waals surface area contributed by atoms with Crippen molar-refractivity contribution in [2.24, 2.45) is 0 Å². The Balaban J connectivity index is 2.11. The highest BCUT2D eigenvalue weighted by atomic mass is 35.5. The molecule has 2 N–H and O–H groups in total. The quantitative estimate of drug-likeness (QED) is 0.836. The Kier molecular flexibility index (Phi) is 5.52. The number of rotatable bonds is 5. The smallest absolute Gasteiger partial charge is 0.374 e. The molecular formula is C15H14ClF3N2O2S. The molecule has 0 fully saturated rings. The Hall–Kier alpha value is -1.64. The summed E-state index contributed by atoms with van der Waals surface area (Å²) in [6, 6.07) is 6.56. The normalized spacial score (nSPS) is 14.2. The van der Waals surface area contributed by atoms with Crippen LogP contribution >= 0.6 is 22.9 Å². The van der Waals surface area contributed by atoms with E-state index in [1.165, 1.54) is 12.3 Å². The van der Waals surface area contributed by atoms with Crippen molar-refractivity contribution in [1.82, 2.24) is 10.3 Å². The number of benzene rings is 1. The first-order valence-electron chi connectivity index (χ1n) is 6.84. The summed E-state index contributed by atoms with van der Waals surface area (Å²) >= 11 is 6.46. The van der Waals surface area contributed by atoms with Crippen LogP contribution < -0.4 is 5.32 Å². The van der Waals surface area contributed by atoms with Gasteiger partial charge in [0.15, 0.2) is 0 Å². The third kappa shape index (κ3) is 4.25. The Labute approximate surface area is 145 Å². The zero-order chi connectivity index (χ0) is 18.0. The fourth-order valence-electron chi connectivity index (χ4n) is 1.98. The summed E-state index contributed by atoms with van der Waals surface area (Å²) in [5.41, 5.74) is -2.34. The van der Waals surface area contributed by atoms with E-state index in [-0.39, 0.29) is 6.54 Å². The van der Waals surface area contributed by atoms with Crippen molar-refractivity contribution in [2.45, 2.75) is 31.7 Å². The number of carbonyl (C=O) groups excluding carboxylic acids is 1. The molecule has 0 aliphatic carbocycles. The summed E-state index contributed by atoms with van der Waals surface area (Å²) in [5.74, 6) is -0.942. The second-order valence-corrected chi connectivity index (χ2v) is 6.53. The van der Waals surface area contributed by atoms with Crippen molar-refractivity contribution in [2.75, 3.05) is 0 Å². The van der Waals surface area contributed by atoms with E-state index in [0.717, 1.165) is 0 Å². The molecule has 0 saturated heterocycles. The van der Waals surface area contributed by atoms with Crippen LogP contribution in [0.25, 0.3) is 0 Å². The zero-order valence-corrected chi connectivity index (χ0v) is 14.1. The van der Waals surface area contributed by atoms with Gasteiger partial charge in [-0.05, 0) is 24.6 Å². The van der Waals surface area contributed by atoms with Crippen LogP contribution in [0.3, 0.4) is 0 Å². The minimum Gasteiger partial charge on any atom is -0.374 e. The van der Waals surface area contributed by atoms with Gasteiger partial charge in [0.1, 0.15) is 5.01 Å². The van der Waals surface area contributed by atoms with Gasteiger partial charge in [-0.2, -0.15) is 13.2 Å². The predicted molar refractivity (Wildman–Crippen MR) is 84.7 cm³/mol. The van der Waals surface area contributed by atoms with Crippen molar-refractivity contribution in [3.8, 4) is 0 Å². The third-order valence-electron chi connectivity index (χ3n) is 3.24.